The van der Waals surface area contributed by atoms with Gasteiger partial charge in [0.25, 0.3) is 0 Å². The van der Waals surface area contributed by atoms with Crippen molar-refractivity contribution in [2.24, 2.45) is 0 Å². The highest BCUT2D eigenvalue weighted by molar-refractivity contribution is 9.10. The van der Waals surface area contributed by atoms with Crippen LogP contribution < -0.4 is 0 Å². The third kappa shape index (κ3) is 1.90. The molecule has 0 fully saturated rings. The van der Waals surface area contributed by atoms with Crippen LogP contribution in [0.3, 0.4) is 0 Å². The number of halogens is 4. The molecule has 0 radical (unpaired) electrons. The van der Waals surface area contributed by atoms with E-state index in [1.54, 1.807) is 6.07 Å². The second kappa shape index (κ2) is 3.61. The van der Waals surface area contributed by atoms with Crippen LogP contribution in [0.4, 0.5) is 13.2 Å². The molecule has 7 heteroatoms. The van der Waals surface area contributed by atoms with Crippen molar-refractivity contribution in [1.29, 1.82) is 5.26 Å². The first-order valence-corrected chi connectivity index (χ1v) is 4.34. The van der Waals surface area contributed by atoms with Crippen LogP contribution in [0.15, 0.2) is 4.47 Å². The standard InChI is InChI=1S/C7H5BrF3N3/c1-4-5(8)6(7(9,10)11)13-14(4)3-2-12/h3H2,1H3. The minimum atomic E-state index is -4.50. The fourth-order valence-electron chi connectivity index (χ4n) is 0.926. The number of alkyl halides is 3. The average molecular weight is 268 g/mol. The van der Waals surface area contributed by atoms with E-state index in [9.17, 15) is 13.2 Å². The van der Waals surface area contributed by atoms with Crippen molar-refractivity contribution in [3.8, 4) is 6.07 Å². The molecular formula is C7H5BrF3N3. The van der Waals surface area contributed by atoms with Crippen molar-refractivity contribution in [3.63, 3.8) is 0 Å². The highest BCUT2D eigenvalue weighted by atomic mass is 79.9. The lowest BCUT2D eigenvalue weighted by Gasteiger charge is -2.01. The van der Waals surface area contributed by atoms with E-state index in [4.69, 9.17) is 5.26 Å². The van der Waals surface area contributed by atoms with Crippen LogP contribution in [-0.2, 0) is 12.7 Å². The molecule has 0 unspecified atom stereocenters. The first-order chi connectivity index (χ1) is 6.38. The van der Waals surface area contributed by atoms with Gasteiger partial charge < -0.3 is 0 Å². The minimum Gasteiger partial charge on any atom is -0.254 e. The highest BCUT2D eigenvalue weighted by Gasteiger charge is 2.37. The summed E-state index contributed by atoms with van der Waals surface area (Å²) in [6.07, 6.45) is -4.50. The smallest absolute Gasteiger partial charge is 0.254 e. The molecule has 14 heavy (non-hydrogen) atoms. The molecule has 1 aromatic heterocycles. The molecule has 1 aromatic rings. The molecule has 0 bridgehead atoms. The number of nitriles is 1. The van der Waals surface area contributed by atoms with E-state index in [1.807, 2.05) is 0 Å². The Morgan fingerprint density at radius 2 is 2.14 bits per heavy atom. The molecule has 1 heterocycles. The topological polar surface area (TPSA) is 41.6 Å². The van der Waals surface area contributed by atoms with Gasteiger partial charge in [-0.25, -0.2) is 0 Å². The van der Waals surface area contributed by atoms with Crippen LogP contribution in [0.5, 0.6) is 0 Å². The van der Waals surface area contributed by atoms with E-state index in [-0.39, 0.29) is 11.0 Å². The highest BCUT2D eigenvalue weighted by Crippen LogP contribution is 2.35. The second-order valence-electron chi connectivity index (χ2n) is 2.56. The Bertz CT molecular complexity index is 388. The summed E-state index contributed by atoms with van der Waals surface area (Å²) in [4.78, 5) is 0. The molecule has 0 saturated heterocycles. The number of aromatic nitrogens is 2. The zero-order valence-corrected chi connectivity index (χ0v) is 8.65. The van der Waals surface area contributed by atoms with Gasteiger partial charge in [0.05, 0.1) is 16.2 Å². The van der Waals surface area contributed by atoms with E-state index in [0.29, 0.717) is 5.69 Å². The van der Waals surface area contributed by atoms with Crippen LogP contribution in [0.25, 0.3) is 0 Å². The number of rotatable bonds is 1. The predicted molar refractivity (Wildman–Crippen MR) is 45.3 cm³/mol. The van der Waals surface area contributed by atoms with Gasteiger partial charge in [-0.05, 0) is 22.9 Å². The molecule has 1 rings (SSSR count). The van der Waals surface area contributed by atoms with Crippen LogP contribution >= 0.6 is 15.9 Å². The number of hydrogen-bond acceptors (Lipinski definition) is 2. The van der Waals surface area contributed by atoms with Gasteiger partial charge in [-0.2, -0.15) is 23.5 Å². The van der Waals surface area contributed by atoms with Gasteiger partial charge in [0, 0.05) is 0 Å². The Hall–Kier alpha value is -1.03. The van der Waals surface area contributed by atoms with Crippen molar-refractivity contribution in [3.05, 3.63) is 15.9 Å². The van der Waals surface area contributed by atoms with Crippen molar-refractivity contribution < 1.29 is 13.2 Å². The Morgan fingerprint density at radius 3 is 2.50 bits per heavy atom. The summed E-state index contributed by atoms with van der Waals surface area (Å²) in [7, 11) is 0. The Morgan fingerprint density at radius 1 is 1.57 bits per heavy atom. The first-order valence-electron chi connectivity index (χ1n) is 3.55. The quantitative estimate of drug-likeness (QED) is 0.785. The number of hydrogen-bond donors (Lipinski definition) is 0. The molecular weight excluding hydrogens is 263 g/mol. The largest absolute Gasteiger partial charge is 0.436 e. The predicted octanol–water partition coefficient (Wildman–Crippen LogP) is 2.50. The van der Waals surface area contributed by atoms with E-state index in [2.05, 4.69) is 21.0 Å². The molecule has 0 N–H and O–H groups in total. The van der Waals surface area contributed by atoms with E-state index < -0.39 is 11.9 Å². The summed E-state index contributed by atoms with van der Waals surface area (Å²) in [5, 5.41) is 11.6. The van der Waals surface area contributed by atoms with Crippen molar-refractivity contribution in [2.75, 3.05) is 0 Å². The van der Waals surface area contributed by atoms with Crippen molar-refractivity contribution >= 4 is 15.9 Å². The van der Waals surface area contributed by atoms with Crippen molar-refractivity contribution in [2.45, 2.75) is 19.6 Å². The molecule has 0 atom stereocenters. The monoisotopic (exact) mass is 267 g/mol. The summed E-state index contributed by atoms with van der Waals surface area (Å²) in [5.41, 5.74) is -0.705. The van der Waals surface area contributed by atoms with Gasteiger partial charge >= 0.3 is 6.18 Å². The first kappa shape index (κ1) is 11.0. The normalized spacial score (nSPS) is 11.4. The Kier molecular flexibility index (Phi) is 2.85. The third-order valence-corrected chi connectivity index (χ3v) is 2.57. The SMILES string of the molecule is Cc1c(Br)c(C(F)(F)F)nn1CC#N. The minimum absolute atomic E-state index is 0.111. The maximum Gasteiger partial charge on any atom is 0.436 e. The fourth-order valence-corrected chi connectivity index (χ4v) is 1.44. The summed E-state index contributed by atoms with van der Waals surface area (Å²) in [6.45, 7) is 1.27. The molecule has 0 aromatic carbocycles. The van der Waals surface area contributed by atoms with E-state index in [0.717, 1.165) is 4.68 Å². The van der Waals surface area contributed by atoms with Gasteiger partial charge in [0.2, 0.25) is 0 Å². The van der Waals surface area contributed by atoms with Crippen LogP contribution in [0, 0.1) is 18.3 Å². The summed E-state index contributed by atoms with van der Waals surface area (Å²) >= 11 is 2.79. The lowest BCUT2D eigenvalue weighted by atomic mass is 10.3. The molecule has 0 aliphatic heterocycles. The summed E-state index contributed by atoms with van der Waals surface area (Å²) in [6, 6.07) is 1.73. The fraction of sp³-hybridized carbons (Fsp3) is 0.429. The molecule has 0 amide bonds. The van der Waals surface area contributed by atoms with Gasteiger partial charge in [-0.1, -0.05) is 0 Å². The summed E-state index contributed by atoms with van der Waals surface area (Å²) in [5.74, 6) is 0. The average Bonchev–Trinajstić information content (AvgIpc) is 2.32. The number of nitrogens with zero attached hydrogens (tertiary/aromatic N) is 3. The van der Waals surface area contributed by atoms with E-state index >= 15 is 0 Å². The van der Waals surface area contributed by atoms with Crippen molar-refractivity contribution in [1.82, 2.24) is 9.78 Å². The zero-order chi connectivity index (χ0) is 10.9. The molecule has 0 spiro atoms. The van der Waals surface area contributed by atoms with E-state index in [1.165, 1.54) is 6.92 Å². The maximum absolute atomic E-state index is 12.3. The molecule has 3 nitrogen and oxygen atoms in total. The summed E-state index contributed by atoms with van der Waals surface area (Å²) < 4.78 is 37.8. The lowest BCUT2D eigenvalue weighted by Crippen LogP contribution is -2.08. The molecule has 0 aliphatic rings. The molecule has 76 valence electrons. The van der Waals surface area contributed by atoms with Gasteiger partial charge in [0.1, 0.15) is 6.54 Å². The maximum atomic E-state index is 12.3. The van der Waals surface area contributed by atoms with Crippen LogP contribution in [-0.4, -0.2) is 9.78 Å². The molecule has 0 aliphatic carbocycles. The van der Waals surface area contributed by atoms with Gasteiger partial charge in [-0.15, -0.1) is 0 Å². The van der Waals surface area contributed by atoms with Crippen LogP contribution in [0.1, 0.15) is 11.4 Å². The third-order valence-electron chi connectivity index (χ3n) is 1.62. The molecule has 0 saturated carbocycles. The Labute approximate surface area is 86.3 Å². The Balaban J connectivity index is 3.23. The lowest BCUT2D eigenvalue weighted by molar-refractivity contribution is -0.142. The van der Waals surface area contributed by atoms with Crippen LogP contribution in [0.2, 0.25) is 0 Å². The zero-order valence-electron chi connectivity index (χ0n) is 7.06. The van der Waals surface area contributed by atoms with Gasteiger partial charge in [0.15, 0.2) is 5.69 Å². The second-order valence-corrected chi connectivity index (χ2v) is 3.35. The van der Waals surface area contributed by atoms with Gasteiger partial charge in [-0.3, -0.25) is 4.68 Å².